The average molecular weight is 398 g/mol. The molecule has 0 aliphatic carbocycles. The van der Waals surface area contributed by atoms with Gasteiger partial charge in [0.1, 0.15) is 23.8 Å². The zero-order chi connectivity index (χ0) is 20.2. The molecule has 1 aliphatic heterocycles. The molecule has 0 bridgehead atoms. The summed E-state index contributed by atoms with van der Waals surface area (Å²) in [7, 11) is 1.86. The van der Waals surface area contributed by atoms with Gasteiger partial charge in [0, 0.05) is 44.6 Å². The first kappa shape index (κ1) is 19.4. The van der Waals surface area contributed by atoms with Gasteiger partial charge in [-0.25, -0.2) is 18.7 Å². The van der Waals surface area contributed by atoms with Crippen molar-refractivity contribution in [1.82, 2.24) is 25.1 Å². The second-order valence-electron chi connectivity index (χ2n) is 7.40. The fraction of sp³-hybridized carbons (Fsp3) is 0.381. The molecule has 29 heavy (non-hydrogen) atoms. The summed E-state index contributed by atoms with van der Waals surface area (Å²) in [4.78, 5) is 10.5. The second kappa shape index (κ2) is 8.65. The van der Waals surface area contributed by atoms with Crippen LogP contribution in [0.25, 0.3) is 0 Å². The van der Waals surface area contributed by atoms with E-state index in [2.05, 4.69) is 25.3 Å². The summed E-state index contributed by atoms with van der Waals surface area (Å²) in [6.07, 6.45) is 7.49. The monoisotopic (exact) mass is 398 g/mol. The highest BCUT2D eigenvalue weighted by Gasteiger charge is 2.25. The fourth-order valence-electron chi connectivity index (χ4n) is 3.81. The lowest BCUT2D eigenvalue weighted by molar-refractivity contribution is 0.360. The number of anilines is 1. The van der Waals surface area contributed by atoms with Crippen LogP contribution in [-0.4, -0.2) is 38.9 Å². The number of aromatic nitrogens is 4. The van der Waals surface area contributed by atoms with Crippen molar-refractivity contribution in [3.63, 3.8) is 0 Å². The smallest absolute Gasteiger partial charge is 0.131 e. The number of nitrogens with one attached hydrogen (secondary N) is 1. The summed E-state index contributed by atoms with van der Waals surface area (Å²) in [6.45, 7) is 1.77. The molecule has 1 unspecified atom stereocenters. The van der Waals surface area contributed by atoms with Crippen molar-refractivity contribution in [2.75, 3.05) is 18.0 Å². The van der Waals surface area contributed by atoms with Gasteiger partial charge in [0.2, 0.25) is 0 Å². The lowest BCUT2D eigenvalue weighted by Gasteiger charge is -2.35. The number of rotatable bonds is 6. The van der Waals surface area contributed by atoms with Crippen LogP contribution in [0, 0.1) is 11.6 Å². The van der Waals surface area contributed by atoms with Gasteiger partial charge in [-0.05, 0) is 43.0 Å². The van der Waals surface area contributed by atoms with E-state index in [0.717, 1.165) is 43.5 Å². The Morgan fingerprint density at radius 1 is 1.17 bits per heavy atom. The number of aryl methyl sites for hydroxylation is 1. The minimum Gasteiger partial charge on any atom is -0.356 e. The maximum absolute atomic E-state index is 14.2. The Hall–Kier alpha value is -2.87. The highest BCUT2D eigenvalue weighted by atomic mass is 19.1. The van der Waals surface area contributed by atoms with Crippen LogP contribution in [0.2, 0.25) is 0 Å². The quantitative estimate of drug-likeness (QED) is 0.692. The Labute approximate surface area is 168 Å². The van der Waals surface area contributed by atoms with E-state index in [1.54, 1.807) is 17.2 Å². The Morgan fingerprint density at radius 3 is 2.66 bits per heavy atom. The molecule has 0 amide bonds. The van der Waals surface area contributed by atoms with Gasteiger partial charge in [0.25, 0.3) is 0 Å². The number of halogens is 2. The Bertz CT molecular complexity index is 937. The highest BCUT2D eigenvalue weighted by Crippen LogP contribution is 2.23. The van der Waals surface area contributed by atoms with Gasteiger partial charge in [-0.3, -0.25) is 4.68 Å². The molecule has 2 aromatic heterocycles. The van der Waals surface area contributed by atoms with Gasteiger partial charge < -0.3 is 10.2 Å². The standard InChI is InChI=1S/C21H24F2N6/c1-28-9-7-19(27-28)20(12-15-2-3-16(22)13-18(15)23)26-17-5-10-29(11-6-17)21-4-8-24-14-25-21/h2-4,7-9,13-14,17,20,26H,5-6,10-12H2,1H3. The maximum Gasteiger partial charge on any atom is 0.131 e. The predicted octanol–water partition coefficient (Wildman–Crippen LogP) is 3.03. The van der Waals surface area contributed by atoms with Crippen molar-refractivity contribution >= 4 is 5.82 Å². The molecule has 1 fully saturated rings. The minimum absolute atomic E-state index is 0.147. The van der Waals surface area contributed by atoms with Crippen LogP contribution >= 0.6 is 0 Å². The van der Waals surface area contributed by atoms with Crippen molar-refractivity contribution in [3.8, 4) is 0 Å². The molecule has 0 radical (unpaired) electrons. The third-order valence-electron chi connectivity index (χ3n) is 5.35. The van der Waals surface area contributed by atoms with Crippen LogP contribution in [0.3, 0.4) is 0 Å². The van der Waals surface area contributed by atoms with Gasteiger partial charge in [0.05, 0.1) is 11.7 Å². The van der Waals surface area contributed by atoms with E-state index >= 15 is 0 Å². The molecule has 1 atom stereocenters. The summed E-state index contributed by atoms with van der Waals surface area (Å²) in [5.74, 6) is -0.148. The van der Waals surface area contributed by atoms with Crippen LogP contribution in [0.5, 0.6) is 0 Å². The first-order valence-electron chi connectivity index (χ1n) is 9.79. The predicted molar refractivity (Wildman–Crippen MR) is 106 cm³/mol. The lowest BCUT2D eigenvalue weighted by atomic mass is 9.98. The van der Waals surface area contributed by atoms with Gasteiger partial charge in [-0.2, -0.15) is 5.10 Å². The summed E-state index contributed by atoms with van der Waals surface area (Å²) < 4.78 is 29.3. The lowest BCUT2D eigenvalue weighted by Crippen LogP contribution is -2.44. The normalized spacial score (nSPS) is 16.2. The fourth-order valence-corrected chi connectivity index (χ4v) is 3.81. The first-order valence-corrected chi connectivity index (χ1v) is 9.79. The Balaban J connectivity index is 1.45. The average Bonchev–Trinajstić information content (AvgIpc) is 3.17. The van der Waals surface area contributed by atoms with Crippen molar-refractivity contribution in [2.24, 2.45) is 7.05 Å². The molecule has 1 saturated heterocycles. The van der Waals surface area contributed by atoms with Gasteiger partial charge in [0.15, 0.2) is 0 Å². The molecule has 0 spiro atoms. The number of hydrogen-bond donors (Lipinski definition) is 1. The minimum atomic E-state index is -0.564. The van der Waals surface area contributed by atoms with Crippen LogP contribution in [-0.2, 0) is 13.5 Å². The summed E-state index contributed by atoms with van der Waals surface area (Å²) in [5, 5.41) is 8.16. The summed E-state index contributed by atoms with van der Waals surface area (Å²) >= 11 is 0. The largest absolute Gasteiger partial charge is 0.356 e. The van der Waals surface area contributed by atoms with Crippen LogP contribution < -0.4 is 10.2 Å². The topological polar surface area (TPSA) is 58.9 Å². The molecule has 6 nitrogen and oxygen atoms in total. The van der Waals surface area contributed by atoms with Crippen molar-refractivity contribution in [1.29, 1.82) is 0 Å². The van der Waals surface area contributed by atoms with Crippen LogP contribution in [0.4, 0.5) is 14.6 Å². The second-order valence-corrected chi connectivity index (χ2v) is 7.40. The molecule has 8 heteroatoms. The van der Waals surface area contributed by atoms with E-state index in [0.29, 0.717) is 12.0 Å². The third kappa shape index (κ3) is 4.76. The molecular formula is C21H24F2N6. The van der Waals surface area contributed by atoms with E-state index in [1.807, 2.05) is 25.4 Å². The molecule has 1 N–H and O–H groups in total. The molecule has 4 rings (SSSR count). The first-order chi connectivity index (χ1) is 14.1. The molecule has 3 heterocycles. The van der Waals surface area contributed by atoms with Crippen LogP contribution in [0.15, 0.2) is 49.1 Å². The number of benzene rings is 1. The van der Waals surface area contributed by atoms with E-state index in [4.69, 9.17) is 0 Å². The highest BCUT2D eigenvalue weighted by molar-refractivity contribution is 5.37. The summed E-state index contributed by atoms with van der Waals surface area (Å²) in [5.41, 5.74) is 1.34. The summed E-state index contributed by atoms with van der Waals surface area (Å²) in [6, 6.07) is 7.74. The van der Waals surface area contributed by atoms with E-state index in [-0.39, 0.29) is 12.1 Å². The number of piperidine rings is 1. The Morgan fingerprint density at radius 2 is 2.00 bits per heavy atom. The van der Waals surface area contributed by atoms with Crippen molar-refractivity contribution in [2.45, 2.75) is 31.3 Å². The molecular weight excluding hydrogens is 374 g/mol. The molecule has 152 valence electrons. The number of hydrogen-bond acceptors (Lipinski definition) is 5. The SMILES string of the molecule is Cn1ccc(C(Cc2ccc(F)cc2F)NC2CCN(c3ccncn3)CC2)n1. The van der Waals surface area contributed by atoms with E-state index < -0.39 is 11.6 Å². The zero-order valence-corrected chi connectivity index (χ0v) is 16.3. The molecule has 3 aromatic rings. The van der Waals surface area contributed by atoms with Crippen molar-refractivity contribution in [3.05, 3.63) is 71.9 Å². The molecule has 1 aliphatic rings. The third-order valence-corrected chi connectivity index (χ3v) is 5.35. The molecule has 0 saturated carbocycles. The van der Waals surface area contributed by atoms with Gasteiger partial charge in [-0.1, -0.05) is 6.07 Å². The maximum atomic E-state index is 14.2. The van der Waals surface area contributed by atoms with E-state index in [1.165, 1.54) is 12.1 Å². The van der Waals surface area contributed by atoms with E-state index in [9.17, 15) is 8.78 Å². The van der Waals surface area contributed by atoms with Crippen molar-refractivity contribution < 1.29 is 8.78 Å². The Kier molecular flexibility index (Phi) is 5.80. The number of nitrogens with zero attached hydrogens (tertiary/aromatic N) is 5. The van der Waals surface area contributed by atoms with Gasteiger partial charge in [-0.15, -0.1) is 0 Å². The van der Waals surface area contributed by atoms with Crippen LogP contribution in [0.1, 0.15) is 30.1 Å². The zero-order valence-electron chi connectivity index (χ0n) is 16.3. The molecule has 1 aromatic carbocycles. The van der Waals surface area contributed by atoms with Gasteiger partial charge >= 0.3 is 0 Å².